The van der Waals surface area contributed by atoms with Crippen molar-refractivity contribution in [3.8, 4) is 0 Å². The molecule has 1 saturated carbocycles. The monoisotopic (exact) mass is 329 g/mol. The molecule has 0 bridgehead atoms. The zero-order valence-electron chi connectivity index (χ0n) is 11.9. The molecule has 21 heavy (non-hydrogen) atoms. The van der Waals surface area contributed by atoms with Crippen molar-refractivity contribution < 1.29 is 13.2 Å². The number of hydrogen-bond donors (Lipinski definition) is 0. The van der Waals surface area contributed by atoms with Crippen LogP contribution in [-0.4, -0.2) is 38.0 Å². The van der Waals surface area contributed by atoms with Gasteiger partial charge in [-0.05, 0) is 30.5 Å². The van der Waals surface area contributed by atoms with Gasteiger partial charge in [0.15, 0.2) is 0 Å². The van der Waals surface area contributed by atoms with Gasteiger partial charge in [0, 0.05) is 11.6 Å². The van der Waals surface area contributed by atoms with Crippen LogP contribution in [0.1, 0.15) is 31.2 Å². The molecule has 1 aromatic carbocycles. The third kappa shape index (κ3) is 3.42. The van der Waals surface area contributed by atoms with Gasteiger partial charge >= 0.3 is 0 Å². The van der Waals surface area contributed by atoms with E-state index >= 15 is 0 Å². The normalized spacial score (nSPS) is 27.3. The van der Waals surface area contributed by atoms with Gasteiger partial charge in [0.2, 0.25) is 10.0 Å². The molecule has 3 rings (SSSR count). The molecule has 0 spiro atoms. The highest BCUT2D eigenvalue weighted by molar-refractivity contribution is 7.88. The fourth-order valence-corrected chi connectivity index (χ4v) is 5.19. The van der Waals surface area contributed by atoms with Crippen LogP contribution in [0, 0.1) is 0 Å². The number of ether oxygens (including phenoxy) is 1. The Kier molecular flexibility index (Phi) is 4.54. The Morgan fingerprint density at radius 2 is 1.90 bits per heavy atom. The Morgan fingerprint density at radius 3 is 2.67 bits per heavy atom. The van der Waals surface area contributed by atoms with Crippen molar-refractivity contribution in [2.24, 2.45) is 0 Å². The van der Waals surface area contributed by atoms with E-state index in [4.69, 9.17) is 16.3 Å². The van der Waals surface area contributed by atoms with Crippen molar-refractivity contribution in [1.82, 2.24) is 4.31 Å². The van der Waals surface area contributed by atoms with Crippen molar-refractivity contribution in [2.75, 3.05) is 13.2 Å². The SMILES string of the molecule is O=S(=O)(Cc1ccc(Cl)cc1)N1CCOC2CCCCC21. The van der Waals surface area contributed by atoms with E-state index < -0.39 is 10.0 Å². The highest BCUT2D eigenvalue weighted by atomic mass is 35.5. The maximum Gasteiger partial charge on any atom is 0.218 e. The summed E-state index contributed by atoms with van der Waals surface area (Å²) in [5.74, 6) is 0.0351. The second kappa shape index (κ2) is 6.24. The predicted octanol–water partition coefficient (Wildman–Crippen LogP) is 2.81. The van der Waals surface area contributed by atoms with Crippen molar-refractivity contribution in [1.29, 1.82) is 0 Å². The molecule has 116 valence electrons. The number of nitrogens with zero attached hydrogens (tertiary/aromatic N) is 1. The van der Waals surface area contributed by atoms with Gasteiger partial charge in [-0.3, -0.25) is 0 Å². The lowest BCUT2D eigenvalue weighted by molar-refractivity contribution is -0.0586. The van der Waals surface area contributed by atoms with Gasteiger partial charge in [-0.2, -0.15) is 4.31 Å². The van der Waals surface area contributed by atoms with Gasteiger partial charge < -0.3 is 4.74 Å². The van der Waals surface area contributed by atoms with E-state index in [1.165, 1.54) is 0 Å². The minimum absolute atomic E-state index is 0.0183. The molecule has 2 fully saturated rings. The Hall–Kier alpha value is -0.620. The average molecular weight is 330 g/mol. The molecule has 1 heterocycles. The highest BCUT2D eigenvalue weighted by Crippen LogP contribution is 2.31. The summed E-state index contributed by atoms with van der Waals surface area (Å²) in [6.07, 6.45) is 4.17. The molecule has 0 aromatic heterocycles. The summed E-state index contributed by atoms with van der Waals surface area (Å²) in [6.45, 7) is 0.970. The molecule has 0 amide bonds. The largest absolute Gasteiger partial charge is 0.375 e. The zero-order valence-corrected chi connectivity index (χ0v) is 13.4. The van der Waals surface area contributed by atoms with Crippen LogP contribution in [0.15, 0.2) is 24.3 Å². The van der Waals surface area contributed by atoms with Crippen LogP contribution in [0.3, 0.4) is 0 Å². The zero-order chi connectivity index (χ0) is 14.9. The van der Waals surface area contributed by atoms with Crippen LogP contribution in [0.25, 0.3) is 0 Å². The standard InChI is InChI=1S/C15H20ClNO3S/c16-13-7-5-12(6-8-13)11-21(18,19)17-9-10-20-15-4-2-1-3-14(15)17/h5-8,14-15H,1-4,9-11H2. The molecular weight excluding hydrogens is 310 g/mol. The number of benzene rings is 1. The van der Waals surface area contributed by atoms with E-state index in [1.807, 2.05) is 0 Å². The molecule has 2 aliphatic rings. The first-order valence-electron chi connectivity index (χ1n) is 7.42. The number of halogens is 1. The lowest BCUT2D eigenvalue weighted by Gasteiger charge is -2.42. The first-order valence-corrected chi connectivity index (χ1v) is 9.40. The summed E-state index contributed by atoms with van der Waals surface area (Å²) in [6, 6.07) is 7.03. The molecule has 1 aliphatic heterocycles. The number of fused-ring (bicyclic) bond motifs is 1. The van der Waals surface area contributed by atoms with Gasteiger partial charge in [0.25, 0.3) is 0 Å². The highest BCUT2D eigenvalue weighted by Gasteiger charge is 2.40. The molecule has 2 atom stereocenters. The van der Waals surface area contributed by atoms with E-state index in [9.17, 15) is 8.42 Å². The Bertz CT molecular complexity index is 585. The maximum absolute atomic E-state index is 12.7. The molecule has 1 aliphatic carbocycles. The number of hydrogen-bond acceptors (Lipinski definition) is 3. The third-order valence-electron chi connectivity index (χ3n) is 4.30. The Labute approximate surface area is 131 Å². The first kappa shape index (κ1) is 15.3. The van der Waals surface area contributed by atoms with Crippen LogP contribution in [0.5, 0.6) is 0 Å². The molecule has 1 saturated heterocycles. The maximum atomic E-state index is 12.7. The van der Waals surface area contributed by atoms with E-state index in [0.717, 1.165) is 31.2 Å². The Morgan fingerprint density at radius 1 is 1.19 bits per heavy atom. The fraction of sp³-hybridized carbons (Fsp3) is 0.600. The average Bonchev–Trinajstić information content (AvgIpc) is 2.49. The van der Waals surface area contributed by atoms with Crippen molar-refractivity contribution in [2.45, 2.75) is 43.6 Å². The summed E-state index contributed by atoms with van der Waals surface area (Å²) in [5.41, 5.74) is 0.776. The molecular formula is C15H20ClNO3S. The second-order valence-electron chi connectivity index (χ2n) is 5.75. The first-order chi connectivity index (χ1) is 10.1. The lowest BCUT2D eigenvalue weighted by atomic mass is 9.91. The van der Waals surface area contributed by atoms with Gasteiger partial charge in [-0.1, -0.05) is 36.6 Å². The van der Waals surface area contributed by atoms with E-state index in [-0.39, 0.29) is 17.9 Å². The number of sulfonamides is 1. The summed E-state index contributed by atoms with van der Waals surface area (Å²) >= 11 is 5.85. The van der Waals surface area contributed by atoms with Crippen LogP contribution in [0.4, 0.5) is 0 Å². The number of morpholine rings is 1. The molecule has 1 aromatic rings. The van der Waals surface area contributed by atoms with Gasteiger partial charge in [0.05, 0.1) is 24.5 Å². The summed E-state index contributed by atoms with van der Waals surface area (Å²) < 4.78 is 32.9. The fourth-order valence-electron chi connectivity index (χ4n) is 3.28. The summed E-state index contributed by atoms with van der Waals surface area (Å²) in [4.78, 5) is 0. The lowest BCUT2D eigenvalue weighted by Crippen LogP contribution is -2.54. The minimum Gasteiger partial charge on any atom is -0.375 e. The molecule has 4 nitrogen and oxygen atoms in total. The smallest absolute Gasteiger partial charge is 0.218 e. The number of rotatable bonds is 3. The van der Waals surface area contributed by atoms with E-state index in [2.05, 4.69) is 0 Å². The van der Waals surface area contributed by atoms with Gasteiger partial charge in [-0.15, -0.1) is 0 Å². The van der Waals surface area contributed by atoms with Crippen LogP contribution < -0.4 is 0 Å². The molecule has 0 radical (unpaired) electrons. The third-order valence-corrected chi connectivity index (χ3v) is 6.42. The minimum atomic E-state index is -3.31. The topological polar surface area (TPSA) is 46.6 Å². The quantitative estimate of drug-likeness (QED) is 0.856. The van der Waals surface area contributed by atoms with Crippen LogP contribution in [0.2, 0.25) is 5.02 Å². The van der Waals surface area contributed by atoms with Crippen molar-refractivity contribution >= 4 is 21.6 Å². The van der Waals surface area contributed by atoms with Gasteiger partial charge in [-0.25, -0.2) is 8.42 Å². The van der Waals surface area contributed by atoms with Crippen LogP contribution >= 0.6 is 11.6 Å². The predicted molar refractivity (Wildman–Crippen MR) is 82.8 cm³/mol. The van der Waals surface area contributed by atoms with Crippen molar-refractivity contribution in [3.05, 3.63) is 34.9 Å². The summed E-state index contributed by atoms with van der Waals surface area (Å²) in [5, 5.41) is 0.620. The van der Waals surface area contributed by atoms with Crippen molar-refractivity contribution in [3.63, 3.8) is 0 Å². The summed E-state index contributed by atoms with van der Waals surface area (Å²) in [7, 11) is -3.31. The van der Waals surface area contributed by atoms with E-state index in [0.29, 0.717) is 18.2 Å². The van der Waals surface area contributed by atoms with E-state index in [1.54, 1.807) is 28.6 Å². The molecule has 6 heteroatoms. The Balaban J connectivity index is 1.78. The second-order valence-corrected chi connectivity index (χ2v) is 8.11. The van der Waals surface area contributed by atoms with Gasteiger partial charge in [0.1, 0.15) is 0 Å². The molecule has 2 unspecified atom stereocenters. The molecule has 0 N–H and O–H groups in total. The van der Waals surface area contributed by atoms with Crippen LogP contribution in [-0.2, 0) is 20.5 Å².